The van der Waals surface area contributed by atoms with E-state index in [1.165, 1.54) is 0 Å². The fourth-order valence-electron chi connectivity index (χ4n) is 3.30. The lowest BCUT2D eigenvalue weighted by Gasteiger charge is -2.11. The lowest BCUT2D eigenvalue weighted by Crippen LogP contribution is -2.25. The number of halogens is 1. The monoisotopic (exact) mass is 471 g/mol. The van der Waals surface area contributed by atoms with Gasteiger partial charge in [-0.25, -0.2) is 0 Å². The normalized spacial score (nSPS) is 10.9. The summed E-state index contributed by atoms with van der Waals surface area (Å²) in [5, 5.41) is 6.84. The maximum atomic E-state index is 12.7. The number of carbonyl (C=O) groups is 2. The first-order valence-electron chi connectivity index (χ1n) is 10.0. The fraction of sp³-hybridized carbons (Fsp3) is 0.304. The van der Waals surface area contributed by atoms with Gasteiger partial charge in [0.1, 0.15) is 6.54 Å². The van der Waals surface area contributed by atoms with Gasteiger partial charge in [-0.2, -0.15) is 0 Å². The van der Waals surface area contributed by atoms with E-state index in [1.54, 1.807) is 24.3 Å². The summed E-state index contributed by atoms with van der Waals surface area (Å²) in [7, 11) is 0. The topological polar surface area (TPSA) is 72.4 Å². The first-order valence-corrected chi connectivity index (χ1v) is 10.8. The Morgan fingerprint density at radius 2 is 1.93 bits per heavy atom. The number of fused-ring (bicyclic) bond motifs is 1. The summed E-state index contributed by atoms with van der Waals surface area (Å²) in [5.74, 6) is -0.320. The summed E-state index contributed by atoms with van der Waals surface area (Å²) in [6.07, 6.45) is 0.760. The van der Waals surface area contributed by atoms with Gasteiger partial charge in [0.15, 0.2) is 0 Å². The van der Waals surface area contributed by atoms with Crippen molar-refractivity contribution in [2.75, 3.05) is 25.1 Å². The summed E-state index contributed by atoms with van der Waals surface area (Å²) in [5.41, 5.74) is 3.09. The number of hydrogen-bond acceptors (Lipinski definition) is 3. The molecule has 3 rings (SSSR count). The van der Waals surface area contributed by atoms with Gasteiger partial charge in [-0.15, -0.1) is 0 Å². The van der Waals surface area contributed by atoms with Crippen molar-refractivity contribution in [3.63, 3.8) is 0 Å². The number of para-hydroxylation sites is 1. The molecular weight excluding hydrogens is 446 g/mol. The number of rotatable bonds is 9. The van der Waals surface area contributed by atoms with Gasteiger partial charge in [-0.1, -0.05) is 24.3 Å². The van der Waals surface area contributed by atoms with Gasteiger partial charge >= 0.3 is 0 Å². The molecule has 2 aromatic carbocycles. The Kier molecular flexibility index (Phi) is 7.65. The standard InChI is InChI=1S/C23H26BrN3O3/c1-3-30-13-7-12-25-23(29)17-8-6-9-18(14-17)26-21(28)15-27-16(2)22(24)19-10-4-5-11-20(19)27/h4-6,8-11,14H,3,7,12-13,15H2,1-2H3,(H,25,29)(H,26,28). The van der Waals surface area contributed by atoms with Gasteiger partial charge in [-0.05, 0) is 60.5 Å². The van der Waals surface area contributed by atoms with Crippen molar-refractivity contribution in [3.8, 4) is 0 Å². The third-order valence-electron chi connectivity index (χ3n) is 4.82. The second-order valence-corrected chi connectivity index (χ2v) is 7.73. The van der Waals surface area contributed by atoms with Crippen LogP contribution in [0.2, 0.25) is 0 Å². The number of carbonyl (C=O) groups excluding carboxylic acids is 2. The van der Waals surface area contributed by atoms with E-state index in [2.05, 4.69) is 26.6 Å². The van der Waals surface area contributed by atoms with Crippen LogP contribution in [0.3, 0.4) is 0 Å². The molecule has 158 valence electrons. The summed E-state index contributed by atoms with van der Waals surface area (Å²) in [4.78, 5) is 25.0. The highest BCUT2D eigenvalue weighted by molar-refractivity contribution is 9.10. The summed E-state index contributed by atoms with van der Waals surface area (Å²) < 4.78 is 8.24. The van der Waals surface area contributed by atoms with Crippen LogP contribution in [-0.2, 0) is 16.1 Å². The van der Waals surface area contributed by atoms with Gasteiger partial charge in [0, 0.05) is 52.1 Å². The second kappa shape index (κ2) is 10.4. The van der Waals surface area contributed by atoms with Crippen LogP contribution >= 0.6 is 15.9 Å². The molecule has 0 bridgehead atoms. The molecule has 0 radical (unpaired) electrons. The van der Waals surface area contributed by atoms with Crippen molar-refractivity contribution in [2.24, 2.45) is 0 Å². The van der Waals surface area contributed by atoms with Crippen molar-refractivity contribution in [1.82, 2.24) is 9.88 Å². The molecule has 30 heavy (non-hydrogen) atoms. The van der Waals surface area contributed by atoms with Crippen LogP contribution in [0.5, 0.6) is 0 Å². The molecule has 0 fully saturated rings. The van der Waals surface area contributed by atoms with Gasteiger partial charge in [-0.3, -0.25) is 9.59 Å². The van der Waals surface area contributed by atoms with Crippen molar-refractivity contribution >= 4 is 44.3 Å². The molecule has 0 saturated heterocycles. The highest BCUT2D eigenvalue weighted by Gasteiger charge is 2.14. The lowest BCUT2D eigenvalue weighted by molar-refractivity contribution is -0.116. The first-order chi connectivity index (χ1) is 14.5. The van der Waals surface area contributed by atoms with Crippen LogP contribution in [0.4, 0.5) is 5.69 Å². The summed E-state index contributed by atoms with van der Waals surface area (Å²) >= 11 is 3.61. The highest BCUT2D eigenvalue weighted by atomic mass is 79.9. The predicted molar refractivity (Wildman–Crippen MR) is 123 cm³/mol. The Morgan fingerprint density at radius 3 is 2.73 bits per heavy atom. The maximum absolute atomic E-state index is 12.7. The zero-order valence-corrected chi connectivity index (χ0v) is 18.8. The molecule has 0 saturated carbocycles. The average molecular weight is 472 g/mol. The molecule has 0 atom stereocenters. The molecule has 0 spiro atoms. The van der Waals surface area contributed by atoms with Crippen molar-refractivity contribution < 1.29 is 14.3 Å². The van der Waals surface area contributed by atoms with Crippen molar-refractivity contribution in [1.29, 1.82) is 0 Å². The van der Waals surface area contributed by atoms with E-state index < -0.39 is 0 Å². The molecule has 0 aliphatic heterocycles. The summed E-state index contributed by atoms with van der Waals surface area (Å²) in [6, 6.07) is 14.9. The molecule has 0 aliphatic carbocycles. The summed E-state index contributed by atoms with van der Waals surface area (Å²) in [6.45, 7) is 5.95. The zero-order chi connectivity index (χ0) is 21.5. The van der Waals surface area contributed by atoms with E-state index in [0.29, 0.717) is 31.0 Å². The van der Waals surface area contributed by atoms with Crippen LogP contribution in [0, 0.1) is 6.92 Å². The van der Waals surface area contributed by atoms with E-state index in [4.69, 9.17) is 4.74 Å². The minimum Gasteiger partial charge on any atom is -0.382 e. The quantitative estimate of drug-likeness (QED) is 0.451. The molecule has 7 heteroatoms. The Morgan fingerprint density at radius 1 is 1.13 bits per heavy atom. The van der Waals surface area contributed by atoms with Gasteiger partial charge < -0.3 is 19.9 Å². The molecule has 2 N–H and O–H groups in total. The van der Waals surface area contributed by atoms with Crippen LogP contribution in [-0.4, -0.2) is 36.1 Å². The molecule has 6 nitrogen and oxygen atoms in total. The molecule has 1 heterocycles. The van der Waals surface area contributed by atoms with Crippen molar-refractivity contribution in [2.45, 2.75) is 26.8 Å². The Hall–Kier alpha value is -2.64. The fourth-order valence-corrected chi connectivity index (χ4v) is 3.85. The molecule has 1 aromatic heterocycles. The zero-order valence-electron chi connectivity index (χ0n) is 17.2. The number of anilines is 1. The molecule has 2 amide bonds. The van der Waals surface area contributed by atoms with E-state index in [-0.39, 0.29) is 18.4 Å². The lowest BCUT2D eigenvalue weighted by atomic mass is 10.2. The van der Waals surface area contributed by atoms with E-state index in [9.17, 15) is 9.59 Å². The molecular formula is C23H26BrN3O3. The number of aromatic nitrogens is 1. The number of benzene rings is 2. The molecule has 0 aliphatic rings. The van der Waals surface area contributed by atoms with E-state index in [0.717, 1.165) is 27.5 Å². The number of hydrogen-bond donors (Lipinski definition) is 2. The van der Waals surface area contributed by atoms with Gasteiger partial charge in [0.25, 0.3) is 5.91 Å². The Labute approximate surface area is 184 Å². The smallest absolute Gasteiger partial charge is 0.251 e. The third kappa shape index (κ3) is 5.29. The predicted octanol–water partition coefficient (Wildman–Crippen LogP) is 4.51. The second-order valence-electron chi connectivity index (χ2n) is 6.94. The highest BCUT2D eigenvalue weighted by Crippen LogP contribution is 2.30. The Balaban J connectivity index is 1.63. The van der Waals surface area contributed by atoms with Crippen molar-refractivity contribution in [3.05, 3.63) is 64.3 Å². The van der Waals surface area contributed by atoms with Crippen LogP contribution in [0.25, 0.3) is 10.9 Å². The molecule has 3 aromatic rings. The average Bonchev–Trinajstić information content (AvgIpc) is 2.98. The van der Waals surface area contributed by atoms with Gasteiger partial charge in [0.05, 0.1) is 0 Å². The van der Waals surface area contributed by atoms with Gasteiger partial charge in [0.2, 0.25) is 5.91 Å². The van der Waals surface area contributed by atoms with E-state index >= 15 is 0 Å². The van der Waals surface area contributed by atoms with Crippen LogP contribution < -0.4 is 10.6 Å². The number of nitrogens with zero attached hydrogens (tertiary/aromatic N) is 1. The maximum Gasteiger partial charge on any atom is 0.251 e. The minimum atomic E-state index is -0.168. The Bertz CT molecular complexity index is 1050. The first kappa shape index (κ1) is 22.1. The molecule has 0 unspecified atom stereocenters. The SMILES string of the molecule is CCOCCCNC(=O)c1cccc(NC(=O)Cn2c(C)c(Br)c3ccccc32)c1. The number of nitrogens with one attached hydrogen (secondary N) is 2. The largest absolute Gasteiger partial charge is 0.382 e. The van der Waals surface area contributed by atoms with Crippen LogP contribution in [0.1, 0.15) is 29.4 Å². The number of amides is 2. The number of ether oxygens (including phenoxy) is 1. The van der Waals surface area contributed by atoms with Crippen LogP contribution in [0.15, 0.2) is 53.0 Å². The minimum absolute atomic E-state index is 0.152. The third-order valence-corrected chi connectivity index (χ3v) is 5.82. The van der Waals surface area contributed by atoms with E-state index in [1.807, 2.05) is 42.7 Å².